The number of nitrogens with two attached hydrogens (primary N) is 1. The fourth-order valence-corrected chi connectivity index (χ4v) is 2.95. The van der Waals surface area contributed by atoms with Crippen molar-refractivity contribution in [2.45, 2.75) is 25.1 Å². The number of carbonyl (C=O) groups excluding carboxylic acids is 2. The smallest absolute Gasteiger partial charge is 0.368 e. The molecule has 1 atom stereocenters. The predicted molar refractivity (Wildman–Crippen MR) is 96.4 cm³/mol. The number of amides is 2. The van der Waals surface area contributed by atoms with Crippen LogP contribution in [0.15, 0.2) is 42.5 Å². The Morgan fingerprint density at radius 1 is 1.04 bits per heavy atom. The number of primary amides is 1. The summed E-state index contributed by atoms with van der Waals surface area (Å²) >= 11 is 12.1. The molecule has 2 amide bonds. The second kappa shape index (κ2) is 8.63. The van der Waals surface area contributed by atoms with Gasteiger partial charge in [-0.15, -0.1) is 0 Å². The third-order valence-electron chi connectivity index (χ3n) is 3.79. The monoisotopic (exact) mass is 418 g/mol. The van der Waals surface area contributed by atoms with Crippen molar-refractivity contribution in [1.29, 1.82) is 0 Å². The topological polar surface area (TPSA) is 72.2 Å². The van der Waals surface area contributed by atoms with Gasteiger partial charge in [-0.2, -0.15) is 13.2 Å². The Balaban J connectivity index is 2.06. The van der Waals surface area contributed by atoms with Crippen molar-refractivity contribution in [3.05, 3.63) is 69.2 Å². The number of halogens is 5. The molecule has 2 rings (SSSR count). The van der Waals surface area contributed by atoms with Gasteiger partial charge in [0.15, 0.2) is 0 Å². The highest BCUT2D eigenvalue weighted by atomic mass is 35.5. The van der Waals surface area contributed by atoms with Crippen LogP contribution < -0.4 is 11.1 Å². The number of benzene rings is 2. The summed E-state index contributed by atoms with van der Waals surface area (Å²) in [5, 5.41) is 3.11. The lowest BCUT2D eigenvalue weighted by atomic mass is 10.0. The summed E-state index contributed by atoms with van der Waals surface area (Å²) in [6.07, 6.45) is -4.67. The molecule has 3 N–H and O–H groups in total. The van der Waals surface area contributed by atoms with Crippen LogP contribution in [0.5, 0.6) is 0 Å². The van der Waals surface area contributed by atoms with Gasteiger partial charge in [-0.3, -0.25) is 9.59 Å². The van der Waals surface area contributed by atoms with Crippen molar-refractivity contribution in [3.8, 4) is 0 Å². The van der Waals surface area contributed by atoms with E-state index in [0.717, 1.165) is 12.1 Å². The molecule has 2 aromatic carbocycles. The zero-order valence-corrected chi connectivity index (χ0v) is 15.3. The molecule has 0 radical (unpaired) electrons. The fraction of sp³-hybridized carbons (Fsp3) is 0.222. The van der Waals surface area contributed by atoms with Gasteiger partial charge >= 0.3 is 6.18 Å². The van der Waals surface area contributed by atoms with Crippen molar-refractivity contribution >= 4 is 35.0 Å². The van der Waals surface area contributed by atoms with E-state index in [1.165, 1.54) is 12.1 Å². The first-order valence-corrected chi connectivity index (χ1v) is 8.51. The van der Waals surface area contributed by atoms with Crippen LogP contribution in [0.4, 0.5) is 13.2 Å². The minimum Gasteiger partial charge on any atom is -0.368 e. The highest BCUT2D eigenvalue weighted by Crippen LogP contribution is 2.29. The molecule has 0 aliphatic carbocycles. The second-order valence-corrected chi connectivity index (χ2v) is 6.61. The molecule has 0 fully saturated rings. The van der Waals surface area contributed by atoms with E-state index in [-0.39, 0.29) is 12.8 Å². The first kappa shape index (κ1) is 21.1. The molecule has 0 bridgehead atoms. The van der Waals surface area contributed by atoms with Gasteiger partial charge in [0.2, 0.25) is 11.8 Å². The molecule has 0 aliphatic rings. The van der Waals surface area contributed by atoms with Crippen molar-refractivity contribution < 1.29 is 22.8 Å². The molecule has 0 spiro atoms. The van der Waals surface area contributed by atoms with E-state index >= 15 is 0 Å². The van der Waals surface area contributed by atoms with Crippen LogP contribution in [0.3, 0.4) is 0 Å². The minimum atomic E-state index is -4.45. The normalized spacial score (nSPS) is 12.5. The largest absolute Gasteiger partial charge is 0.416 e. The van der Waals surface area contributed by atoms with Gasteiger partial charge in [-0.25, -0.2) is 0 Å². The van der Waals surface area contributed by atoms with E-state index < -0.39 is 29.6 Å². The van der Waals surface area contributed by atoms with Crippen LogP contribution in [0.25, 0.3) is 0 Å². The quantitative estimate of drug-likeness (QED) is 0.749. The average molecular weight is 419 g/mol. The first-order valence-electron chi connectivity index (χ1n) is 7.75. The van der Waals surface area contributed by atoms with Gasteiger partial charge in [0.1, 0.15) is 6.04 Å². The summed E-state index contributed by atoms with van der Waals surface area (Å²) in [7, 11) is 0. The Morgan fingerprint density at radius 2 is 1.59 bits per heavy atom. The zero-order chi connectivity index (χ0) is 20.2. The number of nitrogens with one attached hydrogen (secondary N) is 1. The van der Waals surface area contributed by atoms with Gasteiger partial charge in [0.05, 0.1) is 12.0 Å². The van der Waals surface area contributed by atoms with Crippen LogP contribution in [-0.2, 0) is 28.6 Å². The molecular formula is C18H15Cl2F3N2O2. The van der Waals surface area contributed by atoms with E-state index in [1.54, 1.807) is 18.2 Å². The van der Waals surface area contributed by atoms with Crippen LogP contribution in [-0.4, -0.2) is 17.9 Å². The molecule has 2 aromatic rings. The van der Waals surface area contributed by atoms with Crippen molar-refractivity contribution in [2.75, 3.05) is 0 Å². The summed E-state index contributed by atoms with van der Waals surface area (Å²) in [5.41, 5.74) is 5.34. The standard InChI is InChI=1S/C18H15Cl2F3N2O2/c19-13-2-1-3-14(20)12(13)9-15(17(24)27)25-16(26)8-10-4-6-11(7-5-10)18(21,22)23/h1-7,15H,8-9H2,(H2,24,27)(H,25,26)/t15-/m0/s1. The zero-order valence-electron chi connectivity index (χ0n) is 13.8. The van der Waals surface area contributed by atoms with Crippen LogP contribution in [0.2, 0.25) is 10.0 Å². The Kier molecular flexibility index (Phi) is 6.73. The Hall–Kier alpha value is -2.25. The van der Waals surface area contributed by atoms with Crippen molar-refractivity contribution in [1.82, 2.24) is 5.32 Å². The van der Waals surface area contributed by atoms with Gasteiger partial charge in [-0.1, -0.05) is 41.4 Å². The predicted octanol–water partition coefficient (Wildman–Crippen LogP) is 3.77. The van der Waals surface area contributed by atoms with Crippen molar-refractivity contribution in [3.63, 3.8) is 0 Å². The lowest BCUT2D eigenvalue weighted by molar-refractivity contribution is -0.137. The van der Waals surface area contributed by atoms with Crippen LogP contribution in [0.1, 0.15) is 16.7 Å². The third kappa shape index (κ3) is 5.87. The number of carbonyl (C=O) groups is 2. The van der Waals surface area contributed by atoms with Gasteiger partial charge in [0.25, 0.3) is 0 Å². The average Bonchev–Trinajstić information content (AvgIpc) is 2.56. The van der Waals surface area contributed by atoms with E-state index in [2.05, 4.69) is 5.32 Å². The Labute approximate surface area is 163 Å². The lowest BCUT2D eigenvalue weighted by Crippen LogP contribution is -2.46. The number of rotatable bonds is 6. The maximum absolute atomic E-state index is 12.6. The van der Waals surface area contributed by atoms with Crippen LogP contribution >= 0.6 is 23.2 Å². The molecular weight excluding hydrogens is 404 g/mol. The highest BCUT2D eigenvalue weighted by molar-refractivity contribution is 6.36. The molecule has 9 heteroatoms. The maximum atomic E-state index is 12.6. The van der Waals surface area contributed by atoms with E-state index in [0.29, 0.717) is 21.2 Å². The SMILES string of the molecule is NC(=O)[C@H](Cc1c(Cl)cccc1Cl)NC(=O)Cc1ccc(C(F)(F)F)cc1. The summed E-state index contributed by atoms with van der Waals surface area (Å²) in [6, 6.07) is 7.92. The lowest BCUT2D eigenvalue weighted by Gasteiger charge is -2.17. The summed E-state index contributed by atoms with van der Waals surface area (Å²) < 4.78 is 37.7. The maximum Gasteiger partial charge on any atom is 0.416 e. The summed E-state index contributed by atoms with van der Waals surface area (Å²) in [4.78, 5) is 23.8. The molecule has 0 unspecified atom stereocenters. The Morgan fingerprint density at radius 3 is 2.07 bits per heavy atom. The number of alkyl halides is 3. The summed E-state index contributed by atoms with van der Waals surface area (Å²) in [5.74, 6) is -1.35. The third-order valence-corrected chi connectivity index (χ3v) is 4.50. The minimum absolute atomic E-state index is 0.00735. The second-order valence-electron chi connectivity index (χ2n) is 5.80. The fourth-order valence-electron chi connectivity index (χ4n) is 2.40. The molecule has 0 saturated heterocycles. The molecule has 4 nitrogen and oxygen atoms in total. The van der Waals surface area contributed by atoms with Gasteiger partial charge in [0, 0.05) is 16.5 Å². The van der Waals surface area contributed by atoms with E-state index in [4.69, 9.17) is 28.9 Å². The van der Waals surface area contributed by atoms with E-state index in [1.807, 2.05) is 0 Å². The van der Waals surface area contributed by atoms with Crippen LogP contribution in [0, 0.1) is 0 Å². The number of hydrogen-bond acceptors (Lipinski definition) is 2. The number of hydrogen-bond donors (Lipinski definition) is 2. The molecule has 0 heterocycles. The molecule has 0 aliphatic heterocycles. The molecule has 27 heavy (non-hydrogen) atoms. The van der Waals surface area contributed by atoms with Gasteiger partial charge < -0.3 is 11.1 Å². The summed E-state index contributed by atoms with van der Waals surface area (Å²) in [6.45, 7) is 0. The van der Waals surface area contributed by atoms with E-state index in [9.17, 15) is 22.8 Å². The highest BCUT2D eigenvalue weighted by Gasteiger charge is 2.30. The molecule has 0 aromatic heterocycles. The van der Waals surface area contributed by atoms with Crippen molar-refractivity contribution in [2.24, 2.45) is 5.73 Å². The van der Waals surface area contributed by atoms with Gasteiger partial charge in [-0.05, 0) is 35.4 Å². The first-order chi connectivity index (χ1) is 12.6. The molecule has 144 valence electrons. The molecule has 0 saturated carbocycles. The Bertz CT molecular complexity index is 819.